The lowest BCUT2D eigenvalue weighted by atomic mass is 10.1. The molecule has 4 heterocycles. The lowest BCUT2D eigenvalue weighted by Gasteiger charge is -2.24. The number of aryl methyl sites for hydroxylation is 1. The van der Waals surface area contributed by atoms with Gasteiger partial charge in [0.15, 0.2) is 5.82 Å². The average molecular weight is 473 g/mol. The molecule has 0 fully saturated rings. The molecule has 1 aliphatic rings. The Labute approximate surface area is 204 Å². The van der Waals surface area contributed by atoms with Gasteiger partial charge in [0.2, 0.25) is 0 Å². The van der Waals surface area contributed by atoms with Gasteiger partial charge in [-0.2, -0.15) is 0 Å². The summed E-state index contributed by atoms with van der Waals surface area (Å²) in [5.74, 6) is 1.56. The number of benzene rings is 1. The molecule has 5 rings (SSSR count). The Morgan fingerprint density at radius 2 is 1.89 bits per heavy atom. The quantitative estimate of drug-likeness (QED) is 0.415. The van der Waals surface area contributed by atoms with Crippen molar-refractivity contribution in [3.63, 3.8) is 0 Å². The molecule has 9 heteroatoms. The summed E-state index contributed by atoms with van der Waals surface area (Å²) in [4.78, 5) is 24.6. The van der Waals surface area contributed by atoms with Crippen LogP contribution in [0.5, 0.6) is 0 Å². The molecule has 0 atom stereocenters. The van der Waals surface area contributed by atoms with Crippen molar-refractivity contribution in [1.29, 1.82) is 0 Å². The molecule has 35 heavy (non-hydrogen) atoms. The van der Waals surface area contributed by atoms with Gasteiger partial charge in [-0.1, -0.05) is 13.0 Å². The summed E-state index contributed by atoms with van der Waals surface area (Å²) in [6, 6.07) is 5.34. The molecule has 0 saturated heterocycles. The van der Waals surface area contributed by atoms with Crippen LogP contribution in [0.25, 0.3) is 27.9 Å². The summed E-state index contributed by atoms with van der Waals surface area (Å²) in [7, 11) is 0. The fourth-order valence-electron chi connectivity index (χ4n) is 4.57. The Hall–Kier alpha value is -3.72. The fourth-order valence-corrected chi connectivity index (χ4v) is 4.57. The van der Waals surface area contributed by atoms with Crippen LogP contribution in [0.3, 0.4) is 0 Å². The van der Waals surface area contributed by atoms with E-state index in [1.165, 1.54) is 18.0 Å². The Kier molecular flexibility index (Phi) is 6.25. The minimum absolute atomic E-state index is 0.161. The third-order valence-electron chi connectivity index (χ3n) is 6.38. The molecule has 1 aliphatic heterocycles. The molecule has 8 nitrogen and oxygen atoms in total. The number of rotatable bonds is 6. The van der Waals surface area contributed by atoms with E-state index in [2.05, 4.69) is 62.0 Å². The number of anilines is 2. The second-order valence-corrected chi connectivity index (χ2v) is 9.02. The molecular weight excluding hydrogens is 443 g/mol. The van der Waals surface area contributed by atoms with E-state index < -0.39 is 0 Å². The van der Waals surface area contributed by atoms with E-state index in [0.717, 1.165) is 43.1 Å². The van der Waals surface area contributed by atoms with E-state index >= 15 is 0 Å². The molecule has 1 aromatic carbocycles. The highest BCUT2D eigenvalue weighted by Crippen LogP contribution is 2.29. The smallest absolute Gasteiger partial charge is 0.151 e. The van der Waals surface area contributed by atoms with Crippen molar-refractivity contribution >= 4 is 28.2 Å². The van der Waals surface area contributed by atoms with Crippen LogP contribution in [0.2, 0.25) is 0 Å². The Bertz CT molecular complexity index is 1390. The highest BCUT2D eigenvalue weighted by atomic mass is 19.1. The number of nitrogens with one attached hydrogen (secondary N) is 1. The summed E-state index contributed by atoms with van der Waals surface area (Å²) in [6.07, 6.45) is 8.15. The zero-order valence-electron chi connectivity index (χ0n) is 20.5. The number of likely N-dealkylation sites (N-methyl/N-ethyl adjacent to an activating group) is 1. The second-order valence-electron chi connectivity index (χ2n) is 9.02. The number of fused-ring (bicyclic) bond motifs is 1. The molecule has 4 aromatic rings. The molecule has 1 N–H and O–H groups in total. The molecule has 3 aromatic heterocycles. The predicted octanol–water partition coefficient (Wildman–Crippen LogP) is 5.16. The minimum atomic E-state index is -0.367. The number of hydrogen-bond acceptors (Lipinski definition) is 7. The largest absolute Gasteiger partial charge is 0.326 e. The van der Waals surface area contributed by atoms with Gasteiger partial charge in [-0.25, -0.2) is 24.3 Å². The van der Waals surface area contributed by atoms with Crippen LogP contribution in [-0.2, 0) is 0 Å². The van der Waals surface area contributed by atoms with Gasteiger partial charge >= 0.3 is 0 Å². The standard InChI is InChI=1S/C26H29FN8/c1-5-34-8-6-18(7-9-34)22-13-29-25(14-28-22)33-24-12-21(30-15-31-24)19-10-20(27)26-23(11-19)35(16(2)3)17(4)32-26/h6,10-16H,5,7-9H2,1-4H3,(H,29,30,31,33). The molecule has 0 amide bonds. The molecule has 0 radical (unpaired) electrons. The number of imidazole rings is 1. The summed E-state index contributed by atoms with van der Waals surface area (Å²) in [5, 5.41) is 3.18. The molecule has 0 unspecified atom stereocenters. The molecule has 0 bridgehead atoms. The maximum Gasteiger partial charge on any atom is 0.151 e. The lowest BCUT2D eigenvalue weighted by Crippen LogP contribution is -2.28. The van der Waals surface area contributed by atoms with Crippen molar-refractivity contribution in [3.8, 4) is 11.3 Å². The zero-order valence-corrected chi connectivity index (χ0v) is 20.5. The van der Waals surface area contributed by atoms with Crippen molar-refractivity contribution in [2.45, 2.75) is 40.2 Å². The highest BCUT2D eigenvalue weighted by Gasteiger charge is 2.17. The first-order valence-electron chi connectivity index (χ1n) is 11.9. The van der Waals surface area contributed by atoms with Crippen molar-refractivity contribution < 1.29 is 4.39 Å². The molecule has 180 valence electrons. The number of hydrogen-bond donors (Lipinski definition) is 1. The van der Waals surface area contributed by atoms with Gasteiger partial charge in [-0.15, -0.1) is 0 Å². The van der Waals surface area contributed by atoms with Crippen molar-refractivity contribution in [2.24, 2.45) is 0 Å². The summed E-state index contributed by atoms with van der Waals surface area (Å²) < 4.78 is 16.9. The third-order valence-corrected chi connectivity index (χ3v) is 6.38. The third kappa shape index (κ3) is 4.64. The summed E-state index contributed by atoms with van der Waals surface area (Å²) >= 11 is 0. The maximum atomic E-state index is 14.9. The summed E-state index contributed by atoms with van der Waals surface area (Å²) in [5.41, 5.74) is 4.52. The lowest BCUT2D eigenvalue weighted by molar-refractivity contribution is 0.318. The highest BCUT2D eigenvalue weighted by molar-refractivity contribution is 5.83. The Morgan fingerprint density at radius 1 is 1.03 bits per heavy atom. The molecular formula is C26H29FN8. The number of aromatic nitrogens is 6. The van der Waals surface area contributed by atoms with Crippen LogP contribution >= 0.6 is 0 Å². The number of halogens is 1. The van der Waals surface area contributed by atoms with E-state index in [4.69, 9.17) is 0 Å². The zero-order chi connectivity index (χ0) is 24.5. The van der Waals surface area contributed by atoms with Gasteiger partial charge in [0.25, 0.3) is 0 Å². The average Bonchev–Trinajstić information content (AvgIpc) is 3.21. The number of nitrogens with zero attached hydrogens (tertiary/aromatic N) is 7. The van der Waals surface area contributed by atoms with Gasteiger partial charge in [0.1, 0.15) is 29.3 Å². The predicted molar refractivity (Wildman–Crippen MR) is 136 cm³/mol. The van der Waals surface area contributed by atoms with Crippen LogP contribution in [0.15, 0.2) is 43.0 Å². The second kappa shape index (κ2) is 9.50. The molecule has 0 spiro atoms. The fraction of sp³-hybridized carbons (Fsp3) is 0.346. The van der Waals surface area contributed by atoms with Crippen LogP contribution in [0.4, 0.5) is 16.0 Å². The van der Waals surface area contributed by atoms with Crippen molar-refractivity contribution in [2.75, 3.05) is 25.0 Å². The van der Waals surface area contributed by atoms with Crippen LogP contribution in [0, 0.1) is 12.7 Å². The van der Waals surface area contributed by atoms with Crippen LogP contribution < -0.4 is 5.32 Å². The first-order valence-corrected chi connectivity index (χ1v) is 11.9. The van der Waals surface area contributed by atoms with E-state index in [9.17, 15) is 4.39 Å². The Morgan fingerprint density at radius 3 is 2.57 bits per heavy atom. The minimum Gasteiger partial charge on any atom is -0.326 e. The van der Waals surface area contributed by atoms with Gasteiger partial charge in [-0.3, -0.25) is 9.88 Å². The first kappa shape index (κ1) is 23.0. The first-order chi connectivity index (χ1) is 16.9. The maximum absolute atomic E-state index is 14.9. The van der Waals surface area contributed by atoms with Gasteiger partial charge in [-0.05, 0) is 51.4 Å². The normalized spacial score (nSPS) is 14.5. The van der Waals surface area contributed by atoms with Crippen molar-refractivity contribution in [1.82, 2.24) is 34.4 Å². The molecule has 0 saturated carbocycles. The molecule has 0 aliphatic carbocycles. The van der Waals surface area contributed by atoms with Gasteiger partial charge in [0, 0.05) is 30.8 Å². The van der Waals surface area contributed by atoms with E-state index in [-0.39, 0.29) is 11.9 Å². The van der Waals surface area contributed by atoms with Gasteiger partial charge in [0.05, 0.1) is 29.3 Å². The van der Waals surface area contributed by atoms with Crippen LogP contribution in [-0.4, -0.2) is 54.0 Å². The van der Waals surface area contributed by atoms with E-state index in [0.29, 0.717) is 28.4 Å². The van der Waals surface area contributed by atoms with E-state index in [1.54, 1.807) is 18.5 Å². The van der Waals surface area contributed by atoms with Gasteiger partial charge < -0.3 is 9.88 Å². The van der Waals surface area contributed by atoms with E-state index in [1.807, 2.05) is 17.6 Å². The monoisotopic (exact) mass is 472 g/mol. The summed E-state index contributed by atoms with van der Waals surface area (Å²) in [6.45, 7) is 11.2. The topological polar surface area (TPSA) is 84.7 Å². The Balaban J connectivity index is 1.39. The van der Waals surface area contributed by atoms with Crippen molar-refractivity contribution in [3.05, 3.63) is 60.3 Å². The van der Waals surface area contributed by atoms with Crippen LogP contribution in [0.1, 0.15) is 44.8 Å². The SMILES string of the molecule is CCN1CC=C(c2cnc(Nc3cc(-c4cc(F)c5nc(C)n(C(C)C)c5c4)ncn3)cn2)CC1.